The maximum Gasteiger partial charge on any atom is 0.242 e. The lowest BCUT2D eigenvalue weighted by atomic mass is 10.1. The van der Waals surface area contributed by atoms with Gasteiger partial charge in [0.15, 0.2) is 11.5 Å². The minimum atomic E-state index is -3.97. The number of hydrogen-bond acceptors (Lipinski definition) is 6. The molecule has 2 N–H and O–H groups in total. The number of benzene rings is 3. The van der Waals surface area contributed by atoms with Gasteiger partial charge in [0.1, 0.15) is 25.0 Å². The number of carbonyl (C=O) groups excluding carboxylic acids is 1. The van der Waals surface area contributed by atoms with Gasteiger partial charge in [0.2, 0.25) is 15.9 Å². The van der Waals surface area contributed by atoms with Crippen LogP contribution in [0.25, 0.3) is 0 Å². The Labute approximate surface area is 198 Å². The van der Waals surface area contributed by atoms with Crippen LogP contribution in [0.5, 0.6) is 17.2 Å². The molecule has 0 saturated carbocycles. The fraction of sp³-hybridized carbons (Fsp3) is 0.240. The van der Waals surface area contributed by atoms with E-state index in [-0.39, 0.29) is 11.3 Å². The van der Waals surface area contributed by atoms with Gasteiger partial charge in [-0.05, 0) is 55.3 Å². The molecule has 1 atom stereocenters. The number of carbonyl (C=O) groups is 1. The van der Waals surface area contributed by atoms with Crippen LogP contribution in [0.1, 0.15) is 12.5 Å². The summed E-state index contributed by atoms with van der Waals surface area (Å²) in [5, 5.41) is 2.79. The lowest BCUT2D eigenvalue weighted by Crippen LogP contribution is -2.45. The van der Waals surface area contributed by atoms with Crippen molar-refractivity contribution in [3.05, 3.63) is 78.4 Å². The van der Waals surface area contributed by atoms with Crippen molar-refractivity contribution in [3.63, 3.8) is 0 Å². The first kappa shape index (κ1) is 23.6. The van der Waals surface area contributed by atoms with Crippen LogP contribution in [0.15, 0.2) is 77.7 Å². The minimum Gasteiger partial charge on any atom is -0.494 e. The SMILES string of the molecule is CCOc1ccc(S(=O)(=O)N[C@H](Cc2ccccc2)C(=O)Nc2ccc3c(c2)OCCO3)cc1. The predicted molar refractivity (Wildman–Crippen MR) is 128 cm³/mol. The molecule has 0 saturated heterocycles. The molecule has 0 aliphatic carbocycles. The van der Waals surface area contributed by atoms with E-state index in [9.17, 15) is 13.2 Å². The molecule has 34 heavy (non-hydrogen) atoms. The Kier molecular flexibility index (Phi) is 7.34. The number of rotatable bonds is 9. The Hall–Kier alpha value is -3.56. The topological polar surface area (TPSA) is 103 Å². The molecule has 3 aromatic rings. The average molecular weight is 483 g/mol. The summed E-state index contributed by atoms with van der Waals surface area (Å²) >= 11 is 0. The van der Waals surface area contributed by atoms with Crippen LogP contribution in [0.4, 0.5) is 5.69 Å². The summed E-state index contributed by atoms with van der Waals surface area (Å²) in [6, 6.07) is 19.3. The highest BCUT2D eigenvalue weighted by molar-refractivity contribution is 7.89. The molecule has 0 unspecified atom stereocenters. The van der Waals surface area contributed by atoms with Gasteiger partial charge in [-0.1, -0.05) is 30.3 Å². The Morgan fingerprint density at radius 2 is 1.68 bits per heavy atom. The molecule has 8 nitrogen and oxygen atoms in total. The number of fused-ring (bicyclic) bond motifs is 1. The van der Waals surface area contributed by atoms with Crippen LogP contribution in [0.3, 0.4) is 0 Å². The van der Waals surface area contributed by atoms with Crippen molar-refractivity contribution in [1.29, 1.82) is 0 Å². The highest BCUT2D eigenvalue weighted by Gasteiger charge is 2.27. The lowest BCUT2D eigenvalue weighted by molar-refractivity contribution is -0.117. The number of anilines is 1. The van der Waals surface area contributed by atoms with Crippen molar-refractivity contribution in [2.75, 3.05) is 25.1 Å². The summed E-state index contributed by atoms with van der Waals surface area (Å²) in [5.74, 6) is 1.20. The van der Waals surface area contributed by atoms with Crippen molar-refractivity contribution >= 4 is 21.6 Å². The van der Waals surface area contributed by atoms with Crippen molar-refractivity contribution in [1.82, 2.24) is 4.72 Å². The molecule has 3 aromatic carbocycles. The van der Waals surface area contributed by atoms with E-state index in [2.05, 4.69) is 10.0 Å². The molecule has 1 aliphatic rings. The smallest absolute Gasteiger partial charge is 0.242 e. The fourth-order valence-corrected chi connectivity index (χ4v) is 4.72. The van der Waals surface area contributed by atoms with Gasteiger partial charge in [0.05, 0.1) is 11.5 Å². The van der Waals surface area contributed by atoms with E-state index < -0.39 is 22.0 Å². The first-order valence-electron chi connectivity index (χ1n) is 10.9. The summed E-state index contributed by atoms with van der Waals surface area (Å²) in [7, 11) is -3.97. The number of ether oxygens (including phenoxy) is 3. The van der Waals surface area contributed by atoms with Gasteiger partial charge < -0.3 is 19.5 Å². The molecule has 9 heteroatoms. The third-order valence-corrected chi connectivity index (χ3v) is 6.64. The van der Waals surface area contributed by atoms with Crippen LogP contribution in [0, 0.1) is 0 Å². The van der Waals surface area contributed by atoms with Gasteiger partial charge in [0.25, 0.3) is 0 Å². The summed E-state index contributed by atoms with van der Waals surface area (Å²) in [6.07, 6.45) is 0.174. The van der Waals surface area contributed by atoms with Gasteiger partial charge in [-0.2, -0.15) is 4.72 Å². The Bertz CT molecular complexity index is 1230. The number of hydrogen-bond donors (Lipinski definition) is 2. The van der Waals surface area contributed by atoms with Crippen LogP contribution in [-0.4, -0.2) is 40.2 Å². The molecule has 1 amide bonds. The van der Waals surface area contributed by atoms with Gasteiger partial charge in [-0.25, -0.2) is 8.42 Å². The van der Waals surface area contributed by atoms with Crippen molar-refractivity contribution in [3.8, 4) is 17.2 Å². The number of nitrogens with one attached hydrogen (secondary N) is 2. The summed E-state index contributed by atoms with van der Waals surface area (Å²) in [5.41, 5.74) is 1.30. The second-order valence-electron chi connectivity index (χ2n) is 7.62. The maximum absolute atomic E-state index is 13.2. The zero-order chi connectivity index (χ0) is 24.0. The summed E-state index contributed by atoms with van der Waals surface area (Å²) in [6.45, 7) is 3.21. The van der Waals surface area contributed by atoms with E-state index in [0.29, 0.717) is 42.8 Å². The van der Waals surface area contributed by atoms with E-state index >= 15 is 0 Å². The zero-order valence-corrected chi connectivity index (χ0v) is 19.5. The quantitative estimate of drug-likeness (QED) is 0.485. The van der Waals surface area contributed by atoms with E-state index in [4.69, 9.17) is 14.2 Å². The molecule has 4 rings (SSSR count). The van der Waals surface area contributed by atoms with Gasteiger partial charge in [-0.3, -0.25) is 4.79 Å². The highest BCUT2D eigenvalue weighted by Crippen LogP contribution is 2.32. The Morgan fingerprint density at radius 3 is 2.38 bits per heavy atom. The van der Waals surface area contributed by atoms with E-state index in [1.54, 1.807) is 30.3 Å². The average Bonchev–Trinajstić information content (AvgIpc) is 2.84. The molecule has 178 valence electrons. The van der Waals surface area contributed by atoms with E-state index in [1.165, 1.54) is 12.1 Å². The molecule has 0 radical (unpaired) electrons. The highest BCUT2D eigenvalue weighted by atomic mass is 32.2. The van der Waals surface area contributed by atoms with E-state index in [1.807, 2.05) is 37.3 Å². The Morgan fingerprint density at radius 1 is 0.971 bits per heavy atom. The molecule has 0 bridgehead atoms. The second-order valence-corrected chi connectivity index (χ2v) is 9.33. The molecule has 0 spiro atoms. The predicted octanol–water partition coefficient (Wildman–Crippen LogP) is 3.38. The first-order valence-corrected chi connectivity index (χ1v) is 12.4. The molecular formula is C25H26N2O6S. The lowest BCUT2D eigenvalue weighted by Gasteiger charge is -2.21. The van der Waals surface area contributed by atoms with Crippen molar-refractivity contribution < 1.29 is 27.4 Å². The van der Waals surface area contributed by atoms with Gasteiger partial charge in [-0.15, -0.1) is 0 Å². The van der Waals surface area contributed by atoms with E-state index in [0.717, 1.165) is 5.56 Å². The molecule has 1 heterocycles. The summed E-state index contributed by atoms with van der Waals surface area (Å²) < 4.78 is 45.2. The van der Waals surface area contributed by atoms with Gasteiger partial charge >= 0.3 is 0 Å². The third-order valence-electron chi connectivity index (χ3n) is 5.15. The second kappa shape index (κ2) is 10.6. The molecule has 1 aliphatic heterocycles. The van der Waals surface area contributed by atoms with Crippen LogP contribution in [-0.2, 0) is 21.2 Å². The van der Waals surface area contributed by atoms with Crippen LogP contribution < -0.4 is 24.2 Å². The standard InChI is InChI=1S/C25H26N2O6S/c1-2-31-20-9-11-21(12-10-20)34(29,30)27-22(16-18-6-4-3-5-7-18)25(28)26-19-8-13-23-24(17-19)33-15-14-32-23/h3-13,17,22,27H,2,14-16H2,1H3,(H,26,28)/t22-/m1/s1. The fourth-order valence-electron chi connectivity index (χ4n) is 3.53. The number of sulfonamides is 1. The van der Waals surface area contributed by atoms with Crippen LogP contribution >= 0.6 is 0 Å². The van der Waals surface area contributed by atoms with Crippen molar-refractivity contribution in [2.24, 2.45) is 0 Å². The number of amides is 1. The zero-order valence-electron chi connectivity index (χ0n) is 18.7. The minimum absolute atomic E-state index is 0.0427. The Balaban J connectivity index is 1.55. The summed E-state index contributed by atoms with van der Waals surface area (Å²) in [4.78, 5) is 13.2. The first-order chi connectivity index (χ1) is 16.4. The molecule has 0 fully saturated rings. The van der Waals surface area contributed by atoms with Crippen molar-refractivity contribution in [2.45, 2.75) is 24.3 Å². The van der Waals surface area contributed by atoms with Crippen LogP contribution in [0.2, 0.25) is 0 Å². The monoisotopic (exact) mass is 482 g/mol. The normalized spacial score (nSPS) is 13.7. The largest absolute Gasteiger partial charge is 0.494 e. The molecular weight excluding hydrogens is 456 g/mol. The van der Waals surface area contributed by atoms with Gasteiger partial charge in [0, 0.05) is 11.8 Å². The molecule has 0 aromatic heterocycles. The maximum atomic E-state index is 13.2. The third kappa shape index (κ3) is 5.86.